The van der Waals surface area contributed by atoms with Gasteiger partial charge in [-0.25, -0.2) is 14.6 Å². The van der Waals surface area contributed by atoms with E-state index in [0.29, 0.717) is 17.0 Å². The van der Waals surface area contributed by atoms with Crippen LogP contribution >= 0.6 is 23.1 Å². The molecule has 0 spiro atoms. The summed E-state index contributed by atoms with van der Waals surface area (Å²) in [4.78, 5) is 44.2. The number of β-lactam (4-membered cyclic amide) rings is 1. The van der Waals surface area contributed by atoms with Crippen LogP contribution in [0.25, 0.3) is 6.08 Å². The first-order valence-electron chi connectivity index (χ1n) is 11.4. The number of amides is 1. The number of aliphatic hydroxyl groups excluding tert-OH is 2. The van der Waals surface area contributed by atoms with Crippen LogP contribution in [0.5, 0.6) is 0 Å². The van der Waals surface area contributed by atoms with E-state index in [-0.39, 0.29) is 36.8 Å². The van der Waals surface area contributed by atoms with Gasteiger partial charge in [-0.05, 0) is 24.8 Å². The maximum Gasteiger partial charge on any atom is 0.511 e. The monoisotopic (exact) mass is 526 g/mol. The Kier molecular flexibility index (Phi) is 9.72. The molecule has 1 amide bonds. The van der Waals surface area contributed by atoms with Gasteiger partial charge in [-0.3, -0.25) is 4.79 Å². The van der Waals surface area contributed by atoms with Crippen molar-refractivity contribution in [2.45, 2.75) is 58.8 Å². The summed E-state index contributed by atoms with van der Waals surface area (Å²) in [5.41, 5.74) is 2.25. The lowest BCUT2D eigenvalue weighted by Crippen LogP contribution is -2.63. The first-order chi connectivity index (χ1) is 16.8. The van der Waals surface area contributed by atoms with E-state index in [0.717, 1.165) is 17.7 Å². The zero-order valence-electron chi connectivity index (χ0n) is 19.8. The zero-order chi connectivity index (χ0) is 25.5. The summed E-state index contributed by atoms with van der Waals surface area (Å²) in [5, 5.41) is 21.2. The summed E-state index contributed by atoms with van der Waals surface area (Å²) in [7, 11) is 0. The van der Waals surface area contributed by atoms with Crippen LogP contribution in [0.3, 0.4) is 0 Å². The number of unbranched alkanes of at least 4 members (excludes halogenated alkanes) is 2. The van der Waals surface area contributed by atoms with Crippen molar-refractivity contribution in [2.24, 2.45) is 11.8 Å². The van der Waals surface area contributed by atoms with Gasteiger partial charge in [0, 0.05) is 10.8 Å². The first-order valence-corrected chi connectivity index (χ1v) is 13.2. The lowest BCUT2D eigenvalue weighted by atomic mass is 9.79. The molecule has 35 heavy (non-hydrogen) atoms. The van der Waals surface area contributed by atoms with Crippen LogP contribution in [0.1, 0.15) is 50.6 Å². The average Bonchev–Trinajstić information content (AvgIpc) is 3.37. The Labute approximate surface area is 211 Å². The highest BCUT2D eigenvalue weighted by molar-refractivity contribution is 8.06. The number of fused-ring (bicyclic) bond motifs is 1. The summed E-state index contributed by atoms with van der Waals surface area (Å²) < 4.78 is 14.9. The topological polar surface area (TPSA) is 135 Å². The average molecular weight is 527 g/mol. The van der Waals surface area contributed by atoms with Crippen LogP contribution in [0.4, 0.5) is 4.79 Å². The first kappa shape index (κ1) is 27.2. The predicted molar refractivity (Wildman–Crippen MR) is 130 cm³/mol. The minimum atomic E-state index is -0.934. The van der Waals surface area contributed by atoms with E-state index >= 15 is 0 Å². The molecule has 1 aromatic heterocycles. The zero-order valence-corrected chi connectivity index (χ0v) is 21.5. The van der Waals surface area contributed by atoms with E-state index in [9.17, 15) is 24.6 Å². The van der Waals surface area contributed by atoms with Crippen LogP contribution in [0.15, 0.2) is 21.5 Å². The number of thioether (sulfide) groups is 1. The third-order valence-electron chi connectivity index (χ3n) is 5.87. The van der Waals surface area contributed by atoms with E-state index in [1.54, 1.807) is 23.9 Å². The van der Waals surface area contributed by atoms with Crippen molar-refractivity contribution in [2.75, 3.05) is 13.4 Å². The highest BCUT2D eigenvalue weighted by Gasteiger charge is 2.60. The van der Waals surface area contributed by atoms with Crippen LogP contribution in [0.2, 0.25) is 0 Å². The van der Waals surface area contributed by atoms with Gasteiger partial charge in [0.15, 0.2) is 0 Å². The smallest absolute Gasteiger partial charge is 0.434 e. The molecular formula is C23H30N2O8S2. The molecule has 10 nitrogen and oxygen atoms in total. The molecule has 0 unspecified atom stereocenters. The molecule has 0 radical (unpaired) electrons. The van der Waals surface area contributed by atoms with E-state index in [1.807, 2.05) is 13.8 Å². The van der Waals surface area contributed by atoms with Gasteiger partial charge < -0.3 is 29.3 Å². The lowest BCUT2D eigenvalue weighted by molar-refractivity contribution is -0.166. The maximum absolute atomic E-state index is 12.9. The van der Waals surface area contributed by atoms with E-state index in [1.165, 1.54) is 28.0 Å². The van der Waals surface area contributed by atoms with Gasteiger partial charge in [0.05, 0.1) is 47.4 Å². The number of rotatable bonds is 12. The predicted octanol–water partition coefficient (Wildman–Crippen LogP) is 3.25. The molecule has 0 saturated carbocycles. The molecule has 3 rings (SSSR count). The van der Waals surface area contributed by atoms with Crippen LogP contribution in [-0.4, -0.2) is 63.7 Å². The maximum atomic E-state index is 12.9. The van der Waals surface area contributed by atoms with Crippen LogP contribution < -0.4 is 0 Å². The summed E-state index contributed by atoms with van der Waals surface area (Å²) in [6, 6.07) is -0.373. The molecule has 0 aliphatic carbocycles. The molecule has 0 aromatic carbocycles. The van der Waals surface area contributed by atoms with Gasteiger partial charge in [0.1, 0.15) is 5.70 Å². The highest BCUT2D eigenvalue weighted by atomic mass is 32.2. The van der Waals surface area contributed by atoms with Crippen molar-refractivity contribution in [3.8, 4) is 0 Å². The summed E-state index contributed by atoms with van der Waals surface area (Å²) in [6.45, 7) is 4.85. The highest BCUT2D eigenvalue weighted by Crippen LogP contribution is 2.51. The van der Waals surface area contributed by atoms with Crippen molar-refractivity contribution in [3.05, 3.63) is 32.1 Å². The molecular weight excluding hydrogens is 496 g/mol. The molecule has 1 aromatic rings. The lowest BCUT2D eigenvalue weighted by Gasteiger charge is -2.46. The fourth-order valence-corrected chi connectivity index (χ4v) is 5.90. The normalized spacial score (nSPS) is 22.3. The molecule has 0 bridgehead atoms. The van der Waals surface area contributed by atoms with E-state index in [2.05, 4.69) is 4.98 Å². The second-order valence-electron chi connectivity index (χ2n) is 8.21. The van der Waals surface area contributed by atoms with Crippen molar-refractivity contribution >= 4 is 47.2 Å². The molecule has 4 atom stereocenters. The summed E-state index contributed by atoms with van der Waals surface area (Å²) in [5.74, 6) is -2.01. The molecule has 2 aliphatic rings. The molecule has 1 saturated heterocycles. The van der Waals surface area contributed by atoms with Crippen molar-refractivity contribution < 1.29 is 38.8 Å². The third-order valence-corrected chi connectivity index (χ3v) is 7.80. The Morgan fingerprint density at radius 1 is 1.31 bits per heavy atom. The number of carbonyl (C=O) groups is 3. The Morgan fingerprint density at radius 2 is 2.09 bits per heavy atom. The van der Waals surface area contributed by atoms with Crippen molar-refractivity contribution in [1.29, 1.82) is 0 Å². The minimum absolute atomic E-state index is 0.0747. The number of aliphatic hydroxyl groups is 2. The third kappa shape index (κ3) is 6.05. The van der Waals surface area contributed by atoms with Gasteiger partial charge in [-0.1, -0.05) is 38.5 Å². The standard InChI is InChI=1S/C23H30N2O8S2/c1-4-5-6-8-31-23(30)33-12-32-22(29)19-20(34-9-7-16-15(10-26)24-11-35-16)13(2)18-17(14(3)27)21(28)25(18)19/h7,9,11,13-14,17-18,26-27H,4-6,8,10,12H2,1-3H3/b9-7-/t13-,14-,17-,18-/m1/s1. The molecule has 12 heteroatoms. The quantitative estimate of drug-likeness (QED) is 0.181. The number of esters is 1. The van der Waals surface area contributed by atoms with Crippen LogP contribution in [-0.2, 0) is 30.4 Å². The number of hydrogen-bond donors (Lipinski definition) is 2. The van der Waals surface area contributed by atoms with E-state index in [4.69, 9.17) is 14.2 Å². The molecule has 3 heterocycles. The molecule has 2 N–H and O–H groups in total. The second-order valence-corrected chi connectivity index (χ2v) is 10.0. The second kappa shape index (κ2) is 12.5. The Hall–Kier alpha value is -2.41. The van der Waals surface area contributed by atoms with Crippen molar-refractivity contribution in [1.82, 2.24) is 9.88 Å². The number of aromatic nitrogens is 1. The van der Waals surface area contributed by atoms with E-state index < -0.39 is 30.9 Å². The number of ether oxygens (including phenoxy) is 3. The summed E-state index contributed by atoms with van der Waals surface area (Å²) in [6.07, 6.45) is 2.60. The number of hydrogen-bond acceptors (Lipinski definition) is 11. The van der Waals surface area contributed by atoms with Crippen molar-refractivity contribution in [3.63, 3.8) is 0 Å². The minimum Gasteiger partial charge on any atom is -0.434 e. The molecule has 1 fully saturated rings. The Morgan fingerprint density at radius 3 is 2.77 bits per heavy atom. The summed E-state index contributed by atoms with van der Waals surface area (Å²) >= 11 is 2.62. The molecule has 2 aliphatic heterocycles. The van der Waals surface area contributed by atoms with Gasteiger partial charge in [-0.15, -0.1) is 11.3 Å². The van der Waals surface area contributed by atoms with Gasteiger partial charge in [0.2, 0.25) is 12.7 Å². The fraction of sp³-hybridized carbons (Fsp3) is 0.565. The number of nitrogens with zero attached hydrogens (tertiary/aromatic N) is 2. The number of thiazole rings is 1. The SMILES string of the molecule is CCCCCOC(=O)OCOC(=O)C1=C(S/C=C\c2scnc2CO)[C@H](C)[C@@H]2[C@@H]([C@@H](C)O)C(=O)N12. The van der Waals surface area contributed by atoms with Gasteiger partial charge in [-0.2, -0.15) is 0 Å². The largest absolute Gasteiger partial charge is 0.511 e. The van der Waals surface area contributed by atoms with Gasteiger partial charge >= 0.3 is 12.1 Å². The Bertz CT molecular complexity index is 990. The fourth-order valence-electron chi connectivity index (χ4n) is 4.12. The number of carbonyl (C=O) groups excluding carboxylic acids is 3. The Balaban J connectivity index is 1.69. The van der Waals surface area contributed by atoms with Crippen LogP contribution in [0, 0.1) is 11.8 Å². The molecule has 192 valence electrons. The van der Waals surface area contributed by atoms with Gasteiger partial charge in [0.25, 0.3) is 0 Å².